The second-order valence-corrected chi connectivity index (χ2v) is 7.24. The number of nitrogens with zero attached hydrogens (tertiary/aromatic N) is 1. The molecule has 0 saturated carbocycles. The molecule has 2 aromatic carbocycles. The first kappa shape index (κ1) is 22.6. The molecule has 0 radical (unpaired) electrons. The highest BCUT2D eigenvalue weighted by atomic mass is 16.5. The normalized spacial score (nSPS) is 15.9. The monoisotopic (exact) mass is 428 g/mol. The third-order valence-electron chi connectivity index (χ3n) is 5.20. The lowest BCUT2D eigenvalue weighted by Crippen LogP contribution is -2.32. The maximum atomic E-state index is 13.2. The van der Waals surface area contributed by atoms with Crippen molar-refractivity contribution in [1.29, 1.82) is 5.26 Å². The summed E-state index contributed by atoms with van der Waals surface area (Å²) in [6, 6.07) is 18.7. The number of benzene rings is 2. The van der Waals surface area contributed by atoms with E-state index < -0.39 is 17.9 Å². The van der Waals surface area contributed by atoms with E-state index in [2.05, 4.69) is 11.4 Å². The molecule has 32 heavy (non-hydrogen) atoms. The van der Waals surface area contributed by atoms with E-state index in [1.54, 1.807) is 44.2 Å². The topological polar surface area (TPSA) is 88.4 Å². The number of hydrogen-bond donors (Lipinski definition) is 1. The Bertz CT molecular complexity index is 1150. The lowest BCUT2D eigenvalue weighted by Gasteiger charge is -2.30. The molecular formula is C26H24N2O4. The zero-order valence-corrected chi connectivity index (χ0v) is 18.2. The van der Waals surface area contributed by atoms with Gasteiger partial charge in [-0.2, -0.15) is 5.26 Å². The number of carbonyl (C=O) groups excluding carboxylic acids is 2. The molecule has 1 unspecified atom stereocenters. The van der Waals surface area contributed by atoms with Gasteiger partial charge in [-0.3, -0.25) is 0 Å². The van der Waals surface area contributed by atoms with Crippen molar-refractivity contribution in [2.75, 3.05) is 13.7 Å². The van der Waals surface area contributed by atoms with Crippen LogP contribution in [0.4, 0.5) is 0 Å². The van der Waals surface area contributed by atoms with E-state index in [1.807, 2.05) is 36.4 Å². The van der Waals surface area contributed by atoms with E-state index in [1.165, 1.54) is 7.11 Å². The summed E-state index contributed by atoms with van der Waals surface area (Å²) in [5, 5.41) is 12.7. The van der Waals surface area contributed by atoms with Crippen LogP contribution < -0.4 is 5.32 Å². The Balaban J connectivity index is 1.95. The molecule has 1 aliphatic heterocycles. The SMILES string of the molecule is COC(=O)C1=C(C)NC(C)=C(C(=O)OC/C=C/c2ccccc2)C1c1ccccc1C#N. The van der Waals surface area contributed by atoms with Crippen LogP contribution in [0.25, 0.3) is 6.08 Å². The Morgan fingerprint density at radius 2 is 1.62 bits per heavy atom. The van der Waals surface area contributed by atoms with Crippen LogP contribution >= 0.6 is 0 Å². The molecule has 0 saturated heterocycles. The number of nitrogens with one attached hydrogen (secondary N) is 1. The Kier molecular flexibility index (Phi) is 7.25. The van der Waals surface area contributed by atoms with Crippen molar-refractivity contribution in [3.8, 4) is 6.07 Å². The minimum absolute atomic E-state index is 0.0629. The largest absolute Gasteiger partial charge is 0.466 e. The Morgan fingerprint density at radius 1 is 1.00 bits per heavy atom. The second kappa shape index (κ2) is 10.3. The average molecular weight is 428 g/mol. The van der Waals surface area contributed by atoms with Gasteiger partial charge >= 0.3 is 11.9 Å². The molecule has 1 N–H and O–H groups in total. The predicted octanol–water partition coefficient (Wildman–Crippen LogP) is 4.22. The smallest absolute Gasteiger partial charge is 0.337 e. The minimum Gasteiger partial charge on any atom is -0.466 e. The first-order chi connectivity index (χ1) is 15.5. The quantitative estimate of drug-likeness (QED) is 0.693. The fourth-order valence-corrected chi connectivity index (χ4v) is 3.76. The van der Waals surface area contributed by atoms with Crippen molar-refractivity contribution in [2.24, 2.45) is 0 Å². The van der Waals surface area contributed by atoms with Crippen LogP contribution in [0.3, 0.4) is 0 Å². The lowest BCUT2D eigenvalue weighted by molar-refractivity contribution is -0.138. The lowest BCUT2D eigenvalue weighted by atomic mass is 9.79. The van der Waals surface area contributed by atoms with E-state index in [9.17, 15) is 14.9 Å². The number of esters is 2. The van der Waals surface area contributed by atoms with Gasteiger partial charge in [0.15, 0.2) is 0 Å². The molecule has 3 rings (SSSR count). The number of dihydropyridines is 1. The maximum Gasteiger partial charge on any atom is 0.337 e. The van der Waals surface area contributed by atoms with Gasteiger partial charge < -0.3 is 14.8 Å². The number of allylic oxidation sites excluding steroid dienone is 2. The van der Waals surface area contributed by atoms with Gasteiger partial charge in [-0.15, -0.1) is 0 Å². The molecule has 0 aliphatic carbocycles. The molecule has 0 amide bonds. The van der Waals surface area contributed by atoms with Crippen molar-refractivity contribution >= 4 is 18.0 Å². The first-order valence-electron chi connectivity index (χ1n) is 10.1. The Hall–Kier alpha value is -4.11. The van der Waals surface area contributed by atoms with Gasteiger partial charge in [-0.1, -0.05) is 54.6 Å². The van der Waals surface area contributed by atoms with Gasteiger partial charge in [0.2, 0.25) is 0 Å². The summed E-state index contributed by atoms with van der Waals surface area (Å²) in [5.41, 5.74) is 3.57. The molecule has 1 aliphatic rings. The number of rotatable bonds is 6. The standard InChI is InChI=1S/C26H24N2O4/c1-17-22(25(29)31-3)24(21-14-8-7-13-20(21)16-27)23(18(2)28-17)26(30)32-15-9-12-19-10-5-4-6-11-19/h4-14,24,28H,15H2,1-3H3/b12-9+. The zero-order chi connectivity index (χ0) is 23.1. The molecular weight excluding hydrogens is 404 g/mol. The van der Waals surface area contributed by atoms with E-state index in [4.69, 9.17) is 9.47 Å². The van der Waals surface area contributed by atoms with Gasteiger partial charge in [0.05, 0.1) is 35.8 Å². The van der Waals surface area contributed by atoms with Crippen molar-refractivity contribution < 1.29 is 19.1 Å². The van der Waals surface area contributed by atoms with Gasteiger partial charge in [-0.25, -0.2) is 9.59 Å². The molecule has 2 aromatic rings. The molecule has 0 fully saturated rings. The molecule has 6 heteroatoms. The third kappa shape index (κ3) is 4.79. The Labute approximate surface area is 187 Å². The van der Waals surface area contributed by atoms with Gasteiger partial charge in [0, 0.05) is 11.4 Å². The summed E-state index contributed by atoms with van der Waals surface area (Å²) in [6.07, 6.45) is 3.61. The first-order valence-corrected chi connectivity index (χ1v) is 10.1. The third-order valence-corrected chi connectivity index (χ3v) is 5.20. The number of ether oxygens (including phenoxy) is 2. The fraction of sp³-hybridized carbons (Fsp3) is 0.192. The highest BCUT2D eigenvalue weighted by molar-refractivity contribution is 6.00. The van der Waals surface area contributed by atoms with Gasteiger partial charge in [0.25, 0.3) is 0 Å². The molecule has 0 bridgehead atoms. The van der Waals surface area contributed by atoms with E-state index in [-0.39, 0.29) is 17.8 Å². The molecule has 1 heterocycles. The van der Waals surface area contributed by atoms with Crippen molar-refractivity contribution in [3.05, 3.63) is 99.9 Å². The summed E-state index contributed by atoms with van der Waals surface area (Å²) < 4.78 is 10.5. The van der Waals surface area contributed by atoms with E-state index in [0.29, 0.717) is 22.5 Å². The van der Waals surface area contributed by atoms with Crippen LogP contribution in [0.1, 0.15) is 36.5 Å². The van der Waals surface area contributed by atoms with E-state index >= 15 is 0 Å². The predicted molar refractivity (Wildman–Crippen MR) is 121 cm³/mol. The van der Waals surface area contributed by atoms with Crippen LogP contribution in [0.5, 0.6) is 0 Å². The summed E-state index contributed by atoms with van der Waals surface area (Å²) in [6.45, 7) is 3.55. The summed E-state index contributed by atoms with van der Waals surface area (Å²) in [5.74, 6) is -1.93. The van der Waals surface area contributed by atoms with Crippen molar-refractivity contribution in [3.63, 3.8) is 0 Å². The zero-order valence-electron chi connectivity index (χ0n) is 18.2. The highest BCUT2D eigenvalue weighted by Crippen LogP contribution is 2.40. The van der Waals surface area contributed by atoms with Crippen molar-refractivity contribution in [1.82, 2.24) is 5.32 Å². The van der Waals surface area contributed by atoms with Crippen LogP contribution in [0, 0.1) is 11.3 Å². The molecule has 6 nitrogen and oxygen atoms in total. The number of hydrogen-bond acceptors (Lipinski definition) is 6. The van der Waals surface area contributed by atoms with Gasteiger partial charge in [-0.05, 0) is 37.1 Å². The van der Waals surface area contributed by atoms with Crippen molar-refractivity contribution in [2.45, 2.75) is 19.8 Å². The van der Waals surface area contributed by atoms with Crippen LogP contribution in [0.2, 0.25) is 0 Å². The van der Waals surface area contributed by atoms with Crippen LogP contribution in [-0.4, -0.2) is 25.7 Å². The van der Waals surface area contributed by atoms with Crippen LogP contribution in [-0.2, 0) is 19.1 Å². The summed E-state index contributed by atoms with van der Waals surface area (Å²) >= 11 is 0. The fourth-order valence-electron chi connectivity index (χ4n) is 3.76. The maximum absolute atomic E-state index is 13.2. The number of nitriles is 1. The van der Waals surface area contributed by atoms with E-state index in [0.717, 1.165) is 5.56 Å². The Morgan fingerprint density at radius 3 is 2.28 bits per heavy atom. The van der Waals surface area contributed by atoms with Gasteiger partial charge in [0.1, 0.15) is 6.61 Å². The minimum atomic E-state index is -0.787. The second-order valence-electron chi connectivity index (χ2n) is 7.24. The number of methoxy groups -OCH3 is 1. The summed E-state index contributed by atoms with van der Waals surface area (Å²) in [4.78, 5) is 25.8. The molecule has 0 aromatic heterocycles. The van der Waals surface area contributed by atoms with Crippen LogP contribution in [0.15, 0.2) is 83.2 Å². The highest BCUT2D eigenvalue weighted by Gasteiger charge is 2.38. The molecule has 162 valence electrons. The summed E-state index contributed by atoms with van der Waals surface area (Å²) in [7, 11) is 1.29. The molecule has 0 spiro atoms. The number of carbonyl (C=O) groups is 2. The molecule has 1 atom stereocenters. The average Bonchev–Trinajstić information content (AvgIpc) is 2.81.